The zero-order valence-corrected chi connectivity index (χ0v) is 16.6. The normalized spacial score (nSPS) is 13.0. The summed E-state index contributed by atoms with van der Waals surface area (Å²) in [6.45, 7) is 0.411. The van der Waals surface area contributed by atoms with Crippen LogP contribution in [0.25, 0.3) is 0 Å². The van der Waals surface area contributed by atoms with Crippen molar-refractivity contribution in [2.24, 2.45) is 5.73 Å². The van der Waals surface area contributed by atoms with Crippen LogP contribution in [0.15, 0.2) is 67.3 Å². The topological polar surface area (TPSA) is 80.9 Å². The van der Waals surface area contributed by atoms with Gasteiger partial charge in [0.15, 0.2) is 0 Å². The van der Waals surface area contributed by atoms with E-state index in [4.69, 9.17) is 17.3 Å². The van der Waals surface area contributed by atoms with Crippen LogP contribution in [0, 0.1) is 5.82 Å². The van der Waals surface area contributed by atoms with E-state index in [-0.39, 0.29) is 17.0 Å². The molecule has 0 spiro atoms. The van der Waals surface area contributed by atoms with Crippen LogP contribution < -0.4 is 11.1 Å². The zero-order valence-electron chi connectivity index (χ0n) is 15.8. The monoisotopic (exact) mass is 412 g/mol. The number of carbonyl (C=O) groups is 1. The van der Waals surface area contributed by atoms with Crippen molar-refractivity contribution in [3.63, 3.8) is 0 Å². The fraction of sp³-hybridized carbons (Fsp3) is 0.227. The van der Waals surface area contributed by atoms with E-state index in [0.717, 1.165) is 11.1 Å². The lowest BCUT2D eigenvalue weighted by Gasteiger charge is -2.33. The minimum absolute atomic E-state index is 0.0814. The van der Waals surface area contributed by atoms with Crippen molar-refractivity contribution < 1.29 is 9.18 Å². The average molecular weight is 413 g/mol. The van der Waals surface area contributed by atoms with Crippen LogP contribution in [-0.4, -0.2) is 22.4 Å². The molecule has 0 aliphatic carbocycles. The van der Waals surface area contributed by atoms with Crippen molar-refractivity contribution in [2.75, 3.05) is 6.54 Å². The molecule has 0 saturated heterocycles. The fourth-order valence-corrected chi connectivity index (χ4v) is 3.72. The van der Waals surface area contributed by atoms with E-state index in [1.165, 1.54) is 12.1 Å². The molecule has 0 bridgehead atoms. The molecular formula is C22H22ClFN4O. The molecule has 1 amide bonds. The number of nitrogens with two attached hydrogens (primary N) is 1. The van der Waals surface area contributed by atoms with Gasteiger partial charge in [-0.3, -0.25) is 20.1 Å². The summed E-state index contributed by atoms with van der Waals surface area (Å²) < 4.78 is 14.8. The third kappa shape index (κ3) is 4.96. The molecule has 3 N–H and O–H groups in total. The maximum absolute atomic E-state index is 14.8. The number of halogens is 2. The Balaban J connectivity index is 1.92. The quantitative estimate of drug-likeness (QED) is 0.564. The summed E-state index contributed by atoms with van der Waals surface area (Å²) in [6, 6.07) is 11.8. The highest BCUT2D eigenvalue weighted by Crippen LogP contribution is 2.34. The number of amides is 1. The van der Waals surface area contributed by atoms with Crippen LogP contribution in [0.2, 0.25) is 5.02 Å². The summed E-state index contributed by atoms with van der Waals surface area (Å²) in [5.74, 6) is -1.24. The van der Waals surface area contributed by atoms with Gasteiger partial charge in [-0.2, -0.15) is 0 Å². The van der Waals surface area contributed by atoms with Gasteiger partial charge in [0.2, 0.25) is 5.91 Å². The van der Waals surface area contributed by atoms with Crippen LogP contribution in [0.1, 0.15) is 23.1 Å². The largest absolute Gasteiger partial charge is 0.368 e. The summed E-state index contributed by atoms with van der Waals surface area (Å²) in [5.41, 5.74) is 6.48. The maximum atomic E-state index is 14.8. The van der Waals surface area contributed by atoms with Gasteiger partial charge >= 0.3 is 0 Å². The molecule has 3 aromatic rings. The SMILES string of the molecule is NC(=O)C(CCc1ccncc1)(NCCc1ccncc1)c1c(F)cccc1Cl. The lowest BCUT2D eigenvalue weighted by molar-refractivity contribution is -0.125. The summed E-state index contributed by atoms with van der Waals surface area (Å²) in [4.78, 5) is 20.7. The van der Waals surface area contributed by atoms with Crippen LogP contribution in [0.4, 0.5) is 4.39 Å². The number of pyridine rings is 2. The Labute approximate surface area is 174 Å². The Kier molecular flexibility index (Phi) is 6.90. The first-order valence-electron chi connectivity index (χ1n) is 9.30. The smallest absolute Gasteiger partial charge is 0.242 e. The van der Waals surface area contributed by atoms with E-state index in [1.807, 2.05) is 24.3 Å². The van der Waals surface area contributed by atoms with Gasteiger partial charge in [0, 0.05) is 41.9 Å². The second-order valence-corrected chi connectivity index (χ2v) is 7.16. The van der Waals surface area contributed by atoms with Crippen molar-refractivity contribution in [1.29, 1.82) is 0 Å². The Morgan fingerprint density at radius 3 is 2.14 bits per heavy atom. The minimum Gasteiger partial charge on any atom is -0.368 e. The molecule has 1 aromatic carbocycles. The van der Waals surface area contributed by atoms with Crippen LogP contribution in [0.3, 0.4) is 0 Å². The fourth-order valence-electron chi connectivity index (χ4n) is 3.39. The third-order valence-corrected chi connectivity index (χ3v) is 5.25. The van der Waals surface area contributed by atoms with Crippen molar-refractivity contribution >= 4 is 17.5 Å². The number of hydrogen-bond acceptors (Lipinski definition) is 4. The highest BCUT2D eigenvalue weighted by molar-refractivity contribution is 6.31. The molecule has 150 valence electrons. The van der Waals surface area contributed by atoms with Gasteiger partial charge in [-0.05, 0) is 66.8 Å². The highest BCUT2D eigenvalue weighted by Gasteiger charge is 2.41. The standard InChI is InChI=1S/C22H22ClFN4O/c23-18-2-1-3-19(24)20(18)22(21(25)29,10-4-16-5-11-26-12-6-16)28-15-9-17-7-13-27-14-8-17/h1-3,5-8,11-14,28H,4,9-10,15H2,(H2,25,29). The van der Waals surface area contributed by atoms with Gasteiger partial charge in [-0.1, -0.05) is 17.7 Å². The molecule has 0 radical (unpaired) electrons. The predicted molar refractivity (Wildman–Crippen MR) is 111 cm³/mol. The molecule has 5 nitrogen and oxygen atoms in total. The first-order chi connectivity index (χ1) is 14.0. The number of nitrogens with one attached hydrogen (secondary N) is 1. The van der Waals surface area contributed by atoms with Gasteiger partial charge in [-0.15, -0.1) is 0 Å². The highest BCUT2D eigenvalue weighted by atomic mass is 35.5. The van der Waals surface area contributed by atoms with Gasteiger partial charge < -0.3 is 5.73 Å². The molecule has 1 atom stereocenters. The van der Waals surface area contributed by atoms with Crippen LogP contribution in [0.5, 0.6) is 0 Å². The Bertz CT molecular complexity index is 935. The summed E-state index contributed by atoms with van der Waals surface area (Å²) in [7, 11) is 0. The third-order valence-electron chi connectivity index (χ3n) is 4.94. The lowest BCUT2D eigenvalue weighted by atomic mass is 9.82. The molecule has 7 heteroatoms. The first-order valence-corrected chi connectivity index (χ1v) is 9.68. The number of nitrogens with zero attached hydrogens (tertiary/aromatic N) is 2. The van der Waals surface area contributed by atoms with Crippen molar-refractivity contribution in [1.82, 2.24) is 15.3 Å². The van der Waals surface area contributed by atoms with E-state index >= 15 is 0 Å². The summed E-state index contributed by atoms with van der Waals surface area (Å²) in [6.07, 6.45) is 8.13. The number of aromatic nitrogens is 2. The second-order valence-electron chi connectivity index (χ2n) is 6.75. The van der Waals surface area contributed by atoms with Crippen LogP contribution in [-0.2, 0) is 23.2 Å². The molecule has 0 aliphatic rings. The zero-order chi connectivity index (χ0) is 20.7. The number of aryl methyl sites for hydroxylation is 1. The molecule has 0 saturated carbocycles. The van der Waals surface area contributed by atoms with Gasteiger partial charge in [0.05, 0.1) is 0 Å². The molecule has 3 rings (SSSR count). The average Bonchev–Trinajstić information content (AvgIpc) is 2.72. The number of primary amides is 1. The summed E-state index contributed by atoms with van der Waals surface area (Å²) >= 11 is 6.33. The second kappa shape index (κ2) is 9.58. The van der Waals surface area contributed by atoms with E-state index in [2.05, 4.69) is 15.3 Å². The minimum atomic E-state index is -1.45. The van der Waals surface area contributed by atoms with E-state index in [9.17, 15) is 9.18 Å². The number of benzene rings is 1. The maximum Gasteiger partial charge on any atom is 0.242 e. The Hall–Kier alpha value is -2.83. The molecule has 0 fully saturated rings. The lowest BCUT2D eigenvalue weighted by Crippen LogP contribution is -2.54. The molecule has 2 heterocycles. The van der Waals surface area contributed by atoms with Crippen LogP contribution >= 0.6 is 11.6 Å². The molecule has 0 aliphatic heterocycles. The Morgan fingerprint density at radius 2 is 1.59 bits per heavy atom. The Morgan fingerprint density at radius 1 is 1.00 bits per heavy atom. The first kappa shape index (κ1) is 20.9. The van der Waals surface area contributed by atoms with Crippen molar-refractivity contribution in [2.45, 2.75) is 24.8 Å². The van der Waals surface area contributed by atoms with E-state index in [0.29, 0.717) is 19.4 Å². The predicted octanol–water partition coefficient (Wildman–Crippen LogP) is 3.41. The molecular weight excluding hydrogens is 391 g/mol. The number of hydrogen-bond donors (Lipinski definition) is 2. The van der Waals surface area contributed by atoms with E-state index in [1.54, 1.807) is 30.9 Å². The van der Waals surface area contributed by atoms with Gasteiger partial charge in [0.1, 0.15) is 11.4 Å². The molecule has 2 aromatic heterocycles. The summed E-state index contributed by atoms with van der Waals surface area (Å²) in [5, 5.41) is 3.38. The van der Waals surface area contributed by atoms with Crippen molar-refractivity contribution in [3.8, 4) is 0 Å². The van der Waals surface area contributed by atoms with Gasteiger partial charge in [-0.25, -0.2) is 4.39 Å². The molecule has 29 heavy (non-hydrogen) atoms. The number of carbonyl (C=O) groups excluding carboxylic acids is 1. The van der Waals surface area contributed by atoms with Crippen molar-refractivity contribution in [3.05, 3.63) is 94.8 Å². The van der Waals surface area contributed by atoms with E-state index < -0.39 is 17.3 Å². The number of rotatable bonds is 9. The van der Waals surface area contributed by atoms with Gasteiger partial charge in [0.25, 0.3) is 0 Å². The molecule has 1 unspecified atom stereocenters.